The Morgan fingerprint density at radius 3 is 2.76 bits per heavy atom. The van der Waals surface area contributed by atoms with Crippen molar-refractivity contribution < 1.29 is 4.79 Å². The van der Waals surface area contributed by atoms with E-state index in [1.165, 1.54) is 0 Å². The second kappa shape index (κ2) is 6.50. The van der Waals surface area contributed by atoms with Crippen LogP contribution in [0.3, 0.4) is 0 Å². The lowest BCUT2D eigenvalue weighted by Crippen LogP contribution is -2.46. The summed E-state index contributed by atoms with van der Waals surface area (Å²) in [4.78, 5) is 18.4. The van der Waals surface area contributed by atoms with Gasteiger partial charge in [-0.05, 0) is 17.2 Å². The maximum Gasteiger partial charge on any atom is 0.227 e. The van der Waals surface area contributed by atoms with Crippen LogP contribution in [0.15, 0.2) is 42.6 Å². The molecule has 1 aromatic carbocycles. The van der Waals surface area contributed by atoms with Gasteiger partial charge in [-0.25, -0.2) is 0 Å². The summed E-state index contributed by atoms with van der Waals surface area (Å²) in [6.07, 6.45) is 5.13. The molecular formula is C17H18N3O. The maximum atomic E-state index is 12.4. The molecule has 0 saturated carbocycles. The summed E-state index contributed by atoms with van der Waals surface area (Å²) >= 11 is 0. The van der Waals surface area contributed by atoms with Crippen LogP contribution in [0.5, 0.6) is 0 Å². The van der Waals surface area contributed by atoms with Gasteiger partial charge < -0.3 is 10.2 Å². The highest BCUT2D eigenvalue weighted by molar-refractivity contribution is 5.82. The van der Waals surface area contributed by atoms with Crippen LogP contribution in [0.1, 0.15) is 5.56 Å². The minimum Gasteiger partial charge on any atom is -0.340 e. The molecule has 3 rings (SSSR count). The van der Waals surface area contributed by atoms with Gasteiger partial charge in [0.1, 0.15) is 0 Å². The Hall–Kier alpha value is -2.20. The van der Waals surface area contributed by atoms with Crippen molar-refractivity contribution in [1.29, 1.82) is 0 Å². The third-order valence-electron chi connectivity index (χ3n) is 3.73. The van der Waals surface area contributed by atoms with Crippen molar-refractivity contribution in [3.8, 4) is 11.1 Å². The van der Waals surface area contributed by atoms with E-state index in [0.717, 1.165) is 42.9 Å². The molecule has 1 saturated heterocycles. The molecule has 1 radical (unpaired) electrons. The quantitative estimate of drug-likeness (QED) is 0.927. The first-order valence-electron chi connectivity index (χ1n) is 7.24. The summed E-state index contributed by atoms with van der Waals surface area (Å²) in [5, 5.41) is 3.26. The number of hydrogen-bond donors (Lipinski definition) is 1. The van der Waals surface area contributed by atoms with E-state index in [1.54, 1.807) is 6.20 Å². The van der Waals surface area contributed by atoms with Crippen LogP contribution in [0.4, 0.5) is 0 Å². The number of carbonyl (C=O) groups excluding carboxylic acids is 1. The van der Waals surface area contributed by atoms with E-state index in [1.807, 2.05) is 41.3 Å². The van der Waals surface area contributed by atoms with Gasteiger partial charge in [0.15, 0.2) is 0 Å². The second-order valence-corrected chi connectivity index (χ2v) is 5.13. The lowest BCUT2D eigenvalue weighted by molar-refractivity contribution is -0.131. The Balaban J connectivity index is 1.81. The number of hydrogen-bond acceptors (Lipinski definition) is 3. The van der Waals surface area contributed by atoms with Gasteiger partial charge in [-0.3, -0.25) is 9.78 Å². The molecule has 0 aliphatic carbocycles. The summed E-state index contributed by atoms with van der Waals surface area (Å²) in [6, 6.07) is 11.8. The second-order valence-electron chi connectivity index (χ2n) is 5.13. The van der Waals surface area contributed by atoms with Crippen molar-refractivity contribution in [1.82, 2.24) is 15.2 Å². The Labute approximate surface area is 124 Å². The average molecular weight is 280 g/mol. The van der Waals surface area contributed by atoms with Crippen molar-refractivity contribution in [2.24, 2.45) is 0 Å². The molecule has 1 fully saturated rings. The molecule has 0 spiro atoms. The molecule has 4 nitrogen and oxygen atoms in total. The first kappa shape index (κ1) is 13.8. The third kappa shape index (κ3) is 3.28. The molecule has 2 heterocycles. The number of piperazine rings is 1. The zero-order chi connectivity index (χ0) is 14.5. The summed E-state index contributed by atoms with van der Waals surface area (Å²) in [7, 11) is 0. The van der Waals surface area contributed by atoms with Crippen molar-refractivity contribution in [3.05, 3.63) is 54.4 Å². The Bertz CT molecular complexity index is 606. The number of amides is 1. The predicted octanol–water partition coefficient (Wildman–Crippen LogP) is 1.52. The Kier molecular flexibility index (Phi) is 4.26. The average Bonchev–Trinajstić information content (AvgIpc) is 2.57. The molecule has 1 aromatic heterocycles. The monoisotopic (exact) mass is 280 g/mol. The van der Waals surface area contributed by atoms with Crippen molar-refractivity contribution in [3.63, 3.8) is 0 Å². The fourth-order valence-corrected chi connectivity index (χ4v) is 2.60. The fraction of sp³-hybridized carbons (Fsp3) is 0.294. The highest BCUT2D eigenvalue weighted by atomic mass is 16.2. The van der Waals surface area contributed by atoms with Gasteiger partial charge in [0.25, 0.3) is 0 Å². The topological polar surface area (TPSA) is 45.2 Å². The van der Waals surface area contributed by atoms with E-state index in [0.29, 0.717) is 6.42 Å². The lowest BCUT2D eigenvalue weighted by atomic mass is 9.98. The van der Waals surface area contributed by atoms with Crippen LogP contribution in [0, 0.1) is 6.20 Å². The van der Waals surface area contributed by atoms with Crippen LogP contribution >= 0.6 is 0 Å². The number of nitrogens with one attached hydrogen (secondary N) is 1. The standard InChI is InChI=1S/C17H18N3O/c21-17(20-10-8-18-9-11-20)12-14-4-1-2-6-16(14)15-5-3-7-19-13-15/h1-7,18H,8-12H2. The van der Waals surface area contributed by atoms with Crippen molar-refractivity contribution in [2.75, 3.05) is 26.2 Å². The zero-order valence-electron chi connectivity index (χ0n) is 11.9. The van der Waals surface area contributed by atoms with E-state index in [9.17, 15) is 4.79 Å². The molecule has 1 N–H and O–H groups in total. The maximum absolute atomic E-state index is 12.4. The van der Waals surface area contributed by atoms with Crippen LogP contribution in [-0.2, 0) is 11.2 Å². The van der Waals surface area contributed by atoms with E-state index < -0.39 is 0 Å². The van der Waals surface area contributed by atoms with E-state index >= 15 is 0 Å². The highest BCUT2D eigenvalue weighted by Gasteiger charge is 2.17. The summed E-state index contributed by atoms with van der Waals surface area (Å²) in [5.41, 5.74) is 3.00. The molecule has 0 bridgehead atoms. The molecule has 1 aliphatic rings. The van der Waals surface area contributed by atoms with Crippen molar-refractivity contribution in [2.45, 2.75) is 6.42 Å². The predicted molar refractivity (Wildman–Crippen MR) is 81.7 cm³/mol. The SMILES string of the molecule is O=C(Cc1ccccc1-c1[c]nccc1)N1CCNCC1. The third-order valence-corrected chi connectivity index (χ3v) is 3.73. The molecule has 107 valence electrons. The highest BCUT2D eigenvalue weighted by Crippen LogP contribution is 2.23. The van der Waals surface area contributed by atoms with Crippen LogP contribution in [-0.4, -0.2) is 42.0 Å². The fourth-order valence-electron chi connectivity index (χ4n) is 2.60. The van der Waals surface area contributed by atoms with Gasteiger partial charge in [0.2, 0.25) is 5.91 Å². The minimum absolute atomic E-state index is 0.188. The van der Waals surface area contributed by atoms with E-state index in [-0.39, 0.29) is 5.91 Å². The molecule has 1 aliphatic heterocycles. The summed E-state index contributed by atoms with van der Waals surface area (Å²) in [5.74, 6) is 0.188. The van der Waals surface area contributed by atoms with Gasteiger partial charge in [-0.2, -0.15) is 0 Å². The lowest BCUT2D eigenvalue weighted by Gasteiger charge is -2.27. The van der Waals surface area contributed by atoms with Gasteiger partial charge in [-0.15, -0.1) is 0 Å². The molecule has 2 aromatic rings. The van der Waals surface area contributed by atoms with Crippen LogP contribution in [0.2, 0.25) is 0 Å². The number of aromatic nitrogens is 1. The van der Waals surface area contributed by atoms with Gasteiger partial charge in [0, 0.05) is 37.9 Å². The molecular weight excluding hydrogens is 262 g/mol. The molecule has 0 atom stereocenters. The van der Waals surface area contributed by atoms with Crippen LogP contribution < -0.4 is 5.32 Å². The van der Waals surface area contributed by atoms with Gasteiger partial charge >= 0.3 is 0 Å². The molecule has 21 heavy (non-hydrogen) atoms. The minimum atomic E-state index is 0.188. The first-order valence-corrected chi connectivity index (χ1v) is 7.24. The normalized spacial score (nSPS) is 15.0. The summed E-state index contributed by atoms with van der Waals surface area (Å²) in [6.45, 7) is 3.34. The Morgan fingerprint density at radius 2 is 2.00 bits per heavy atom. The number of carbonyl (C=O) groups is 1. The number of rotatable bonds is 3. The van der Waals surface area contributed by atoms with E-state index in [4.69, 9.17) is 0 Å². The summed E-state index contributed by atoms with van der Waals surface area (Å²) < 4.78 is 0. The van der Waals surface area contributed by atoms with Crippen molar-refractivity contribution >= 4 is 5.91 Å². The number of benzene rings is 1. The van der Waals surface area contributed by atoms with Gasteiger partial charge in [0.05, 0.1) is 12.6 Å². The smallest absolute Gasteiger partial charge is 0.227 e. The number of pyridine rings is 1. The largest absolute Gasteiger partial charge is 0.340 e. The molecule has 0 unspecified atom stereocenters. The number of nitrogens with zero attached hydrogens (tertiary/aromatic N) is 2. The molecule has 1 amide bonds. The van der Waals surface area contributed by atoms with Crippen LogP contribution in [0.25, 0.3) is 11.1 Å². The molecule has 4 heteroatoms. The zero-order valence-corrected chi connectivity index (χ0v) is 11.9. The van der Waals surface area contributed by atoms with E-state index in [2.05, 4.69) is 16.5 Å². The first-order chi connectivity index (χ1) is 10.3. The van der Waals surface area contributed by atoms with Gasteiger partial charge in [-0.1, -0.05) is 30.3 Å². The Morgan fingerprint density at radius 1 is 1.19 bits per heavy atom.